The van der Waals surface area contributed by atoms with Crippen molar-refractivity contribution >= 4 is 5.78 Å². The number of aromatic nitrogens is 1. The molecule has 1 aliphatic carbocycles. The number of aryl methyl sites for hydroxylation is 2. The summed E-state index contributed by atoms with van der Waals surface area (Å²) >= 11 is 0. The first-order chi connectivity index (χ1) is 13.0. The van der Waals surface area contributed by atoms with E-state index >= 15 is 0 Å². The molecule has 1 heterocycles. The maximum absolute atomic E-state index is 12.1. The van der Waals surface area contributed by atoms with Gasteiger partial charge in [0.1, 0.15) is 5.78 Å². The van der Waals surface area contributed by atoms with Gasteiger partial charge in [-0.1, -0.05) is 42.5 Å². The summed E-state index contributed by atoms with van der Waals surface area (Å²) in [6.45, 7) is 1.86. The van der Waals surface area contributed by atoms with E-state index in [1.165, 1.54) is 16.7 Å². The van der Waals surface area contributed by atoms with Gasteiger partial charge in [-0.3, -0.25) is 9.59 Å². The highest BCUT2D eigenvalue weighted by atomic mass is 16.1. The van der Waals surface area contributed by atoms with E-state index in [-0.39, 0.29) is 5.56 Å². The molecule has 0 bridgehead atoms. The minimum absolute atomic E-state index is 0.0342. The molecule has 0 aliphatic heterocycles. The summed E-state index contributed by atoms with van der Waals surface area (Å²) in [6, 6.07) is 16.6. The van der Waals surface area contributed by atoms with Crippen LogP contribution in [0.4, 0.5) is 0 Å². The molecule has 0 saturated carbocycles. The number of carbonyl (C=O) groups excluding carboxylic acids is 1. The maximum atomic E-state index is 12.1. The number of pyridine rings is 1. The Bertz CT molecular complexity index is 1050. The SMILES string of the molecule is Cc1cc(-c2ccc3c(c2Cc2ccccc2)CCC(=O)C3)cn(C)c1=O. The van der Waals surface area contributed by atoms with Crippen molar-refractivity contribution in [3.8, 4) is 11.1 Å². The fourth-order valence-corrected chi connectivity index (χ4v) is 4.08. The van der Waals surface area contributed by atoms with Gasteiger partial charge in [-0.15, -0.1) is 0 Å². The predicted octanol–water partition coefficient (Wildman–Crippen LogP) is 4.01. The second-order valence-electron chi connectivity index (χ2n) is 7.44. The number of ketones is 1. The molecule has 27 heavy (non-hydrogen) atoms. The second kappa shape index (κ2) is 6.99. The smallest absolute Gasteiger partial charge is 0.253 e. The molecule has 3 nitrogen and oxygen atoms in total. The van der Waals surface area contributed by atoms with Crippen molar-refractivity contribution in [3.63, 3.8) is 0 Å². The zero-order valence-corrected chi connectivity index (χ0v) is 15.8. The summed E-state index contributed by atoms with van der Waals surface area (Å²) in [5, 5.41) is 0. The van der Waals surface area contributed by atoms with Crippen LogP contribution in [0.1, 0.15) is 34.2 Å². The largest absolute Gasteiger partial charge is 0.318 e. The van der Waals surface area contributed by atoms with Crippen LogP contribution in [0.5, 0.6) is 0 Å². The Morgan fingerprint density at radius 1 is 1.00 bits per heavy atom. The summed E-state index contributed by atoms with van der Waals surface area (Å²) in [7, 11) is 1.80. The highest BCUT2D eigenvalue weighted by molar-refractivity contribution is 5.84. The van der Waals surface area contributed by atoms with Crippen LogP contribution in [0.15, 0.2) is 59.5 Å². The highest BCUT2D eigenvalue weighted by Crippen LogP contribution is 2.33. The van der Waals surface area contributed by atoms with Crippen molar-refractivity contribution < 1.29 is 4.79 Å². The Balaban J connectivity index is 1.91. The average Bonchev–Trinajstić information content (AvgIpc) is 2.66. The van der Waals surface area contributed by atoms with Gasteiger partial charge in [0.15, 0.2) is 0 Å². The molecule has 1 aliphatic rings. The molecule has 136 valence electrons. The molecule has 2 aromatic carbocycles. The van der Waals surface area contributed by atoms with E-state index in [4.69, 9.17) is 0 Å². The molecule has 0 atom stereocenters. The molecule has 0 spiro atoms. The zero-order valence-electron chi connectivity index (χ0n) is 15.8. The Morgan fingerprint density at radius 2 is 1.78 bits per heavy atom. The molecular weight excluding hydrogens is 334 g/mol. The Kier molecular flexibility index (Phi) is 4.53. The van der Waals surface area contributed by atoms with Crippen LogP contribution in [0.2, 0.25) is 0 Å². The number of hydrogen-bond acceptors (Lipinski definition) is 2. The molecule has 0 saturated heterocycles. The third kappa shape index (κ3) is 3.37. The van der Waals surface area contributed by atoms with Gasteiger partial charge >= 0.3 is 0 Å². The lowest BCUT2D eigenvalue weighted by Gasteiger charge is -2.22. The topological polar surface area (TPSA) is 39.1 Å². The quantitative estimate of drug-likeness (QED) is 0.710. The van der Waals surface area contributed by atoms with Gasteiger partial charge in [0.2, 0.25) is 0 Å². The summed E-state index contributed by atoms with van der Waals surface area (Å²) in [6.07, 6.45) is 4.69. The molecular formula is C24H23NO2. The predicted molar refractivity (Wildman–Crippen MR) is 108 cm³/mol. The van der Waals surface area contributed by atoms with E-state index in [1.807, 2.05) is 25.3 Å². The van der Waals surface area contributed by atoms with Gasteiger partial charge < -0.3 is 4.57 Å². The van der Waals surface area contributed by atoms with Gasteiger partial charge in [0.25, 0.3) is 5.56 Å². The van der Waals surface area contributed by atoms with Crippen LogP contribution in [-0.2, 0) is 31.1 Å². The molecule has 3 aromatic rings. The fraction of sp³-hybridized carbons (Fsp3) is 0.250. The molecule has 1 aromatic heterocycles. The Labute approximate surface area is 159 Å². The van der Waals surface area contributed by atoms with Crippen LogP contribution in [0, 0.1) is 6.92 Å². The van der Waals surface area contributed by atoms with Crippen molar-refractivity contribution in [1.29, 1.82) is 0 Å². The highest BCUT2D eigenvalue weighted by Gasteiger charge is 2.21. The molecule has 0 amide bonds. The van der Waals surface area contributed by atoms with Crippen molar-refractivity contribution in [3.05, 3.63) is 92.9 Å². The number of hydrogen-bond donors (Lipinski definition) is 0. The lowest BCUT2D eigenvalue weighted by Crippen LogP contribution is -2.19. The van der Waals surface area contributed by atoms with E-state index in [9.17, 15) is 9.59 Å². The van der Waals surface area contributed by atoms with E-state index in [0.29, 0.717) is 18.6 Å². The van der Waals surface area contributed by atoms with Crippen LogP contribution < -0.4 is 5.56 Å². The van der Waals surface area contributed by atoms with Crippen LogP contribution >= 0.6 is 0 Å². The van der Waals surface area contributed by atoms with Crippen LogP contribution in [0.3, 0.4) is 0 Å². The van der Waals surface area contributed by atoms with Gasteiger partial charge in [-0.25, -0.2) is 0 Å². The number of Topliss-reactive ketones (excluding diaryl/α,β-unsaturated/α-hetero) is 1. The zero-order chi connectivity index (χ0) is 19.0. The van der Waals surface area contributed by atoms with E-state index in [1.54, 1.807) is 11.6 Å². The van der Waals surface area contributed by atoms with Crippen molar-refractivity contribution in [2.45, 2.75) is 32.6 Å². The third-order valence-corrected chi connectivity index (χ3v) is 5.47. The number of rotatable bonds is 3. The van der Waals surface area contributed by atoms with E-state index in [0.717, 1.165) is 35.1 Å². The fourth-order valence-electron chi connectivity index (χ4n) is 4.08. The van der Waals surface area contributed by atoms with Gasteiger partial charge in [-0.2, -0.15) is 0 Å². The number of benzene rings is 2. The first-order valence-corrected chi connectivity index (χ1v) is 9.40. The standard InChI is InChI=1S/C24H23NO2/c1-16-12-19(15-25(2)24(16)27)22-10-8-18-14-20(26)9-11-21(18)23(22)13-17-6-4-3-5-7-17/h3-8,10,12,15H,9,11,13-14H2,1-2H3. The first kappa shape index (κ1) is 17.5. The van der Waals surface area contributed by atoms with Crippen molar-refractivity contribution in [1.82, 2.24) is 4.57 Å². The Morgan fingerprint density at radius 3 is 2.52 bits per heavy atom. The third-order valence-electron chi connectivity index (χ3n) is 5.47. The average molecular weight is 357 g/mol. The molecule has 4 rings (SSSR count). The minimum atomic E-state index is 0.0342. The van der Waals surface area contributed by atoms with Crippen molar-refractivity contribution in [2.24, 2.45) is 7.05 Å². The maximum Gasteiger partial charge on any atom is 0.253 e. The Hall–Kier alpha value is -2.94. The number of nitrogens with zero attached hydrogens (tertiary/aromatic N) is 1. The molecule has 3 heteroatoms. The molecule has 0 fully saturated rings. The van der Waals surface area contributed by atoms with E-state index < -0.39 is 0 Å². The monoisotopic (exact) mass is 357 g/mol. The first-order valence-electron chi connectivity index (χ1n) is 9.40. The summed E-state index contributed by atoms with van der Waals surface area (Å²) < 4.78 is 1.65. The molecule has 0 radical (unpaired) electrons. The normalized spacial score (nSPS) is 13.5. The lowest BCUT2D eigenvalue weighted by molar-refractivity contribution is -0.118. The summed E-state index contributed by atoms with van der Waals surface area (Å²) in [5.74, 6) is 0.318. The van der Waals surface area contributed by atoms with E-state index in [2.05, 4.69) is 36.4 Å². The van der Waals surface area contributed by atoms with Crippen LogP contribution in [0.25, 0.3) is 11.1 Å². The lowest BCUT2D eigenvalue weighted by atomic mass is 9.82. The van der Waals surface area contributed by atoms with Crippen molar-refractivity contribution in [2.75, 3.05) is 0 Å². The second-order valence-corrected chi connectivity index (χ2v) is 7.44. The van der Waals surface area contributed by atoms with Gasteiger partial charge in [0, 0.05) is 31.6 Å². The number of fused-ring (bicyclic) bond motifs is 1. The minimum Gasteiger partial charge on any atom is -0.318 e. The van der Waals surface area contributed by atoms with Crippen LogP contribution in [-0.4, -0.2) is 10.4 Å². The van der Waals surface area contributed by atoms with Gasteiger partial charge in [0.05, 0.1) is 0 Å². The molecule has 0 unspecified atom stereocenters. The molecule has 0 N–H and O–H groups in total. The van der Waals surface area contributed by atoms with Gasteiger partial charge in [-0.05, 0) is 59.2 Å². The summed E-state index contributed by atoms with van der Waals surface area (Å²) in [5.41, 5.74) is 7.99. The number of carbonyl (C=O) groups is 1. The summed E-state index contributed by atoms with van der Waals surface area (Å²) in [4.78, 5) is 24.1.